The summed E-state index contributed by atoms with van der Waals surface area (Å²) in [5.74, 6) is 0.755. The average Bonchev–Trinajstić information content (AvgIpc) is 2.76. The molecule has 0 bridgehead atoms. The van der Waals surface area contributed by atoms with Gasteiger partial charge in [-0.1, -0.05) is 31.4 Å². The van der Waals surface area contributed by atoms with Gasteiger partial charge in [0.2, 0.25) is 0 Å². The fourth-order valence-electron chi connectivity index (χ4n) is 5.79. The van der Waals surface area contributed by atoms with Crippen molar-refractivity contribution in [3.05, 3.63) is 30.1 Å². The number of rotatable bonds is 6. The standard InChI is InChI=1S/C24H38FN3O/c25-23-8-4-5-9-24(23)26-13-10-21(11-14-26)28-16-15-27(22(19-28)12-17-29)18-20-6-2-1-3-7-20/h4-5,8-9,20-22,29H,1-3,6-7,10-19H2/t22-/m0/s1. The maximum absolute atomic E-state index is 14.1. The number of para-hydroxylation sites is 1. The highest BCUT2D eigenvalue weighted by molar-refractivity contribution is 5.47. The summed E-state index contributed by atoms with van der Waals surface area (Å²) in [6.07, 6.45) is 10.1. The lowest BCUT2D eigenvalue weighted by Crippen LogP contribution is -2.58. The molecule has 4 rings (SSSR count). The summed E-state index contributed by atoms with van der Waals surface area (Å²) in [6.45, 7) is 6.72. The summed E-state index contributed by atoms with van der Waals surface area (Å²) in [6, 6.07) is 8.23. The molecule has 2 heterocycles. The highest BCUT2D eigenvalue weighted by Crippen LogP contribution is 2.29. The van der Waals surface area contributed by atoms with Crippen molar-refractivity contribution in [3.63, 3.8) is 0 Å². The number of hydrogen-bond acceptors (Lipinski definition) is 4. The number of hydrogen-bond donors (Lipinski definition) is 1. The van der Waals surface area contributed by atoms with Crippen molar-refractivity contribution in [2.45, 2.75) is 63.5 Å². The van der Waals surface area contributed by atoms with Crippen LogP contribution in [-0.2, 0) is 0 Å². The molecule has 0 unspecified atom stereocenters. The van der Waals surface area contributed by atoms with Gasteiger partial charge in [0.1, 0.15) is 5.82 Å². The first-order valence-corrected chi connectivity index (χ1v) is 11.8. The van der Waals surface area contributed by atoms with E-state index >= 15 is 0 Å². The van der Waals surface area contributed by atoms with Crippen LogP contribution in [-0.4, -0.2) is 72.9 Å². The van der Waals surface area contributed by atoms with Gasteiger partial charge in [-0.25, -0.2) is 4.39 Å². The van der Waals surface area contributed by atoms with Crippen molar-refractivity contribution in [3.8, 4) is 0 Å². The van der Waals surface area contributed by atoms with Crippen molar-refractivity contribution in [1.29, 1.82) is 0 Å². The van der Waals surface area contributed by atoms with E-state index in [2.05, 4.69) is 14.7 Å². The summed E-state index contributed by atoms with van der Waals surface area (Å²) in [7, 11) is 0. The molecule has 162 valence electrons. The fraction of sp³-hybridized carbons (Fsp3) is 0.750. The molecule has 1 atom stereocenters. The molecule has 0 radical (unpaired) electrons. The monoisotopic (exact) mass is 403 g/mol. The van der Waals surface area contributed by atoms with Gasteiger partial charge in [-0.15, -0.1) is 0 Å². The van der Waals surface area contributed by atoms with E-state index < -0.39 is 0 Å². The van der Waals surface area contributed by atoms with Gasteiger partial charge in [0, 0.05) is 58.0 Å². The van der Waals surface area contributed by atoms with E-state index in [1.54, 1.807) is 12.1 Å². The van der Waals surface area contributed by atoms with Crippen LogP contribution in [0, 0.1) is 11.7 Å². The second-order valence-electron chi connectivity index (χ2n) is 9.33. The minimum absolute atomic E-state index is 0.106. The Bertz CT molecular complexity index is 628. The van der Waals surface area contributed by atoms with Gasteiger partial charge >= 0.3 is 0 Å². The first-order chi connectivity index (χ1) is 14.2. The van der Waals surface area contributed by atoms with E-state index in [0.29, 0.717) is 12.1 Å². The lowest BCUT2D eigenvalue weighted by molar-refractivity contribution is 0.0184. The number of benzene rings is 1. The highest BCUT2D eigenvalue weighted by atomic mass is 19.1. The quantitative estimate of drug-likeness (QED) is 0.784. The summed E-state index contributed by atoms with van der Waals surface area (Å²) < 4.78 is 14.1. The maximum Gasteiger partial charge on any atom is 0.146 e. The van der Waals surface area contributed by atoms with Crippen LogP contribution in [0.3, 0.4) is 0 Å². The number of aliphatic hydroxyl groups excluding tert-OH is 1. The molecule has 1 aromatic carbocycles. The molecule has 1 aliphatic carbocycles. The van der Waals surface area contributed by atoms with Gasteiger partial charge in [-0.3, -0.25) is 9.80 Å². The Balaban J connectivity index is 1.30. The molecular weight excluding hydrogens is 365 g/mol. The summed E-state index contributed by atoms with van der Waals surface area (Å²) in [4.78, 5) is 7.55. The first-order valence-electron chi connectivity index (χ1n) is 11.8. The second-order valence-corrected chi connectivity index (χ2v) is 9.33. The van der Waals surface area contributed by atoms with E-state index in [0.717, 1.165) is 63.6 Å². The van der Waals surface area contributed by atoms with Crippen LogP contribution in [0.15, 0.2) is 24.3 Å². The Morgan fingerprint density at radius 3 is 2.41 bits per heavy atom. The third kappa shape index (κ3) is 5.31. The highest BCUT2D eigenvalue weighted by Gasteiger charge is 2.33. The molecular formula is C24H38FN3O. The summed E-state index contributed by atoms with van der Waals surface area (Å²) in [5.41, 5.74) is 0.751. The molecule has 2 saturated heterocycles. The molecule has 4 nitrogen and oxygen atoms in total. The topological polar surface area (TPSA) is 30.0 Å². The van der Waals surface area contributed by atoms with Crippen LogP contribution in [0.1, 0.15) is 51.4 Å². The van der Waals surface area contributed by atoms with Gasteiger partial charge in [0.05, 0.1) is 5.69 Å². The zero-order chi connectivity index (χ0) is 20.1. The van der Waals surface area contributed by atoms with Gasteiger partial charge in [-0.2, -0.15) is 0 Å². The average molecular weight is 404 g/mol. The zero-order valence-corrected chi connectivity index (χ0v) is 17.8. The summed E-state index contributed by atoms with van der Waals surface area (Å²) in [5, 5.41) is 9.64. The normalized spacial score (nSPS) is 26.1. The lowest BCUT2D eigenvalue weighted by Gasteiger charge is -2.47. The Morgan fingerprint density at radius 1 is 0.931 bits per heavy atom. The third-order valence-electron chi connectivity index (χ3n) is 7.49. The molecule has 1 N–H and O–H groups in total. The van der Waals surface area contributed by atoms with Crippen molar-refractivity contribution >= 4 is 5.69 Å². The SMILES string of the molecule is OCC[C@H]1CN(C2CCN(c3ccccc3F)CC2)CCN1CC1CCCCC1. The van der Waals surface area contributed by atoms with Crippen LogP contribution in [0.25, 0.3) is 0 Å². The molecule has 0 spiro atoms. The maximum atomic E-state index is 14.1. The van der Waals surface area contributed by atoms with Crippen LogP contribution in [0.4, 0.5) is 10.1 Å². The van der Waals surface area contributed by atoms with Gasteiger partial charge in [0.25, 0.3) is 0 Å². The molecule has 3 aliphatic rings. The van der Waals surface area contributed by atoms with E-state index in [1.165, 1.54) is 38.6 Å². The number of nitrogens with zero attached hydrogens (tertiary/aromatic N) is 3. The van der Waals surface area contributed by atoms with Crippen molar-refractivity contribution in [1.82, 2.24) is 9.80 Å². The van der Waals surface area contributed by atoms with E-state index in [1.807, 2.05) is 12.1 Å². The molecule has 1 saturated carbocycles. The van der Waals surface area contributed by atoms with Gasteiger partial charge in [-0.05, 0) is 50.2 Å². The number of piperidine rings is 1. The van der Waals surface area contributed by atoms with E-state index in [-0.39, 0.29) is 12.4 Å². The number of aliphatic hydroxyl groups is 1. The van der Waals surface area contributed by atoms with Crippen molar-refractivity contribution < 1.29 is 9.50 Å². The largest absolute Gasteiger partial charge is 0.396 e. The van der Waals surface area contributed by atoms with Crippen LogP contribution in [0.2, 0.25) is 0 Å². The Morgan fingerprint density at radius 2 is 1.69 bits per heavy atom. The molecule has 3 fully saturated rings. The zero-order valence-electron chi connectivity index (χ0n) is 17.8. The van der Waals surface area contributed by atoms with Gasteiger partial charge in [0.15, 0.2) is 0 Å². The second kappa shape index (κ2) is 10.2. The molecule has 0 amide bonds. The minimum Gasteiger partial charge on any atom is -0.396 e. The van der Waals surface area contributed by atoms with Crippen molar-refractivity contribution in [2.75, 3.05) is 50.8 Å². The Labute approximate surface area is 175 Å². The van der Waals surface area contributed by atoms with Crippen LogP contribution >= 0.6 is 0 Å². The van der Waals surface area contributed by atoms with E-state index in [9.17, 15) is 9.50 Å². The Kier molecular flexibility index (Phi) is 7.44. The third-order valence-corrected chi connectivity index (χ3v) is 7.49. The molecule has 1 aromatic rings. The van der Waals surface area contributed by atoms with Crippen molar-refractivity contribution in [2.24, 2.45) is 5.92 Å². The Hall–Kier alpha value is -1.17. The number of halogens is 1. The van der Waals surface area contributed by atoms with E-state index in [4.69, 9.17) is 0 Å². The predicted molar refractivity (Wildman–Crippen MR) is 117 cm³/mol. The number of piperazine rings is 1. The smallest absolute Gasteiger partial charge is 0.146 e. The number of anilines is 1. The minimum atomic E-state index is -0.106. The first kappa shape index (κ1) is 21.1. The molecule has 0 aromatic heterocycles. The van der Waals surface area contributed by atoms with Gasteiger partial charge < -0.3 is 10.0 Å². The van der Waals surface area contributed by atoms with Crippen LogP contribution in [0.5, 0.6) is 0 Å². The fourth-order valence-corrected chi connectivity index (χ4v) is 5.79. The molecule has 2 aliphatic heterocycles. The predicted octanol–water partition coefficient (Wildman–Crippen LogP) is 3.74. The van der Waals surface area contributed by atoms with Crippen LogP contribution < -0.4 is 4.90 Å². The lowest BCUT2D eigenvalue weighted by atomic mass is 9.88. The molecule has 29 heavy (non-hydrogen) atoms. The summed E-state index contributed by atoms with van der Waals surface area (Å²) >= 11 is 0. The molecule has 5 heteroatoms.